The Bertz CT molecular complexity index is 754. The van der Waals surface area contributed by atoms with E-state index in [0.29, 0.717) is 12.3 Å². The number of hydrazone groups is 1. The number of rotatable bonds is 6. The molecule has 2 aromatic rings. The molecule has 0 saturated carbocycles. The highest BCUT2D eigenvalue weighted by atomic mass is 16.5. The van der Waals surface area contributed by atoms with Crippen LogP contribution in [0.4, 0.5) is 5.69 Å². The Morgan fingerprint density at radius 1 is 1.09 bits per heavy atom. The highest BCUT2D eigenvalue weighted by Gasteiger charge is 2.00. The van der Waals surface area contributed by atoms with E-state index in [9.17, 15) is 0 Å². The average Bonchev–Trinajstić information content (AvgIpc) is 2.61. The maximum atomic E-state index is 8.63. The van der Waals surface area contributed by atoms with E-state index in [1.165, 1.54) is 0 Å². The quantitative estimate of drug-likeness (QED) is 0.654. The van der Waals surface area contributed by atoms with Crippen molar-refractivity contribution in [3.63, 3.8) is 0 Å². The third-order valence-electron chi connectivity index (χ3n) is 2.90. The zero-order chi connectivity index (χ0) is 16.5. The molecule has 6 nitrogen and oxygen atoms in total. The van der Waals surface area contributed by atoms with Crippen molar-refractivity contribution in [3.05, 3.63) is 54.1 Å². The van der Waals surface area contributed by atoms with Gasteiger partial charge in [0.05, 0.1) is 12.8 Å². The Balaban J connectivity index is 1.98. The average molecular weight is 306 g/mol. The minimum atomic E-state index is -0.232. The molecule has 6 heteroatoms. The van der Waals surface area contributed by atoms with Gasteiger partial charge in [-0.2, -0.15) is 15.6 Å². The number of methoxy groups -OCH3 is 1. The number of hydrogen-bond donors (Lipinski definition) is 1. The Kier molecular flexibility index (Phi) is 5.56. The molecule has 23 heavy (non-hydrogen) atoms. The van der Waals surface area contributed by atoms with Crippen molar-refractivity contribution in [2.75, 3.05) is 12.5 Å². The Hall–Kier alpha value is -3.51. The molecule has 0 aromatic heterocycles. The van der Waals surface area contributed by atoms with Crippen LogP contribution < -0.4 is 14.9 Å². The second-order valence-corrected chi connectivity index (χ2v) is 4.46. The first-order valence-corrected chi connectivity index (χ1v) is 6.75. The van der Waals surface area contributed by atoms with Crippen molar-refractivity contribution in [3.8, 4) is 23.6 Å². The molecule has 0 heterocycles. The molecule has 0 radical (unpaired) electrons. The summed E-state index contributed by atoms with van der Waals surface area (Å²) in [5, 5.41) is 21.0. The van der Waals surface area contributed by atoms with Crippen molar-refractivity contribution in [2.24, 2.45) is 5.10 Å². The van der Waals surface area contributed by atoms with Crippen molar-refractivity contribution in [1.82, 2.24) is 0 Å². The number of nitrogens with one attached hydrogen (secondary N) is 1. The molecular formula is C17H14N4O2. The first kappa shape index (κ1) is 15.9. The first-order valence-electron chi connectivity index (χ1n) is 6.75. The molecular weight excluding hydrogens is 292 g/mol. The van der Waals surface area contributed by atoms with Crippen LogP contribution in [0.2, 0.25) is 0 Å². The van der Waals surface area contributed by atoms with Crippen LogP contribution in [-0.2, 0) is 6.61 Å². The molecule has 0 amide bonds. The Morgan fingerprint density at radius 3 is 2.43 bits per heavy atom. The topological polar surface area (TPSA) is 90.4 Å². The van der Waals surface area contributed by atoms with Gasteiger partial charge in [0, 0.05) is 0 Å². The monoisotopic (exact) mass is 306 g/mol. The van der Waals surface area contributed by atoms with Gasteiger partial charge in [0.2, 0.25) is 5.71 Å². The molecule has 0 spiro atoms. The third-order valence-corrected chi connectivity index (χ3v) is 2.90. The maximum Gasteiger partial charge on any atom is 0.237 e. The van der Waals surface area contributed by atoms with E-state index in [0.717, 1.165) is 17.1 Å². The third kappa shape index (κ3) is 4.76. The van der Waals surface area contributed by atoms with E-state index in [-0.39, 0.29) is 5.71 Å². The summed E-state index contributed by atoms with van der Waals surface area (Å²) >= 11 is 0. The fraction of sp³-hybridized carbons (Fsp3) is 0.118. The fourth-order valence-corrected chi connectivity index (χ4v) is 1.76. The second-order valence-electron chi connectivity index (χ2n) is 4.46. The van der Waals surface area contributed by atoms with E-state index in [1.807, 2.05) is 42.5 Å². The van der Waals surface area contributed by atoms with Crippen LogP contribution >= 0.6 is 0 Å². The van der Waals surface area contributed by atoms with Gasteiger partial charge in [-0.25, -0.2) is 0 Å². The standard InChI is InChI=1S/C17H14N4O2/c1-22-16-5-7-17(8-6-16)23-12-13-3-2-4-14(9-13)20-21-15(10-18)11-19/h2-9,20H,12H2,1H3. The normalized spacial score (nSPS) is 9.17. The molecule has 114 valence electrons. The lowest BCUT2D eigenvalue weighted by atomic mass is 10.2. The molecule has 0 aliphatic heterocycles. The van der Waals surface area contributed by atoms with E-state index in [4.69, 9.17) is 20.0 Å². The highest BCUT2D eigenvalue weighted by molar-refractivity contribution is 6.10. The summed E-state index contributed by atoms with van der Waals surface area (Å²) < 4.78 is 10.8. The summed E-state index contributed by atoms with van der Waals surface area (Å²) in [5.74, 6) is 1.51. The predicted octanol–water partition coefficient (Wildman–Crippen LogP) is 3.09. The van der Waals surface area contributed by atoms with Crippen molar-refractivity contribution < 1.29 is 9.47 Å². The van der Waals surface area contributed by atoms with Crippen LogP contribution in [-0.4, -0.2) is 12.8 Å². The number of hydrogen-bond acceptors (Lipinski definition) is 6. The molecule has 2 rings (SSSR count). The van der Waals surface area contributed by atoms with Crippen LogP contribution in [0.15, 0.2) is 53.6 Å². The molecule has 2 aromatic carbocycles. The van der Waals surface area contributed by atoms with Crippen LogP contribution in [0.5, 0.6) is 11.5 Å². The lowest BCUT2D eigenvalue weighted by Gasteiger charge is -2.08. The van der Waals surface area contributed by atoms with E-state index < -0.39 is 0 Å². The maximum absolute atomic E-state index is 8.63. The van der Waals surface area contributed by atoms with Crippen molar-refractivity contribution in [1.29, 1.82) is 10.5 Å². The molecule has 0 fully saturated rings. The highest BCUT2D eigenvalue weighted by Crippen LogP contribution is 2.19. The first-order chi connectivity index (χ1) is 11.2. The number of benzene rings is 2. The summed E-state index contributed by atoms with van der Waals surface area (Å²) in [6.07, 6.45) is 0. The van der Waals surface area contributed by atoms with Gasteiger partial charge in [-0.1, -0.05) is 12.1 Å². The summed E-state index contributed by atoms with van der Waals surface area (Å²) in [6, 6.07) is 18.0. The molecule has 0 unspecified atom stereocenters. The minimum absolute atomic E-state index is 0.232. The van der Waals surface area contributed by atoms with Gasteiger partial charge >= 0.3 is 0 Å². The lowest BCUT2D eigenvalue weighted by molar-refractivity contribution is 0.305. The van der Waals surface area contributed by atoms with Gasteiger partial charge in [0.15, 0.2) is 0 Å². The number of nitrogens with zero attached hydrogens (tertiary/aromatic N) is 3. The molecule has 1 N–H and O–H groups in total. The summed E-state index contributed by atoms with van der Waals surface area (Å²) in [6.45, 7) is 0.384. The van der Waals surface area contributed by atoms with Crippen LogP contribution in [0, 0.1) is 22.7 Å². The summed E-state index contributed by atoms with van der Waals surface area (Å²) in [7, 11) is 1.61. The van der Waals surface area contributed by atoms with E-state index in [2.05, 4.69) is 10.5 Å². The summed E-state index contributed by atoms with van der Waals surface area (Å²) in [5.41, 5.74) is 4.04. The second kappa shape index (κ2) is 8.06. The van der Waals surface area contributed by atoms with E-state index >= 15 is 0 Å². The Morgan fingerprint density at radius 2 is 1.78 bits per heavy atom. The van der Waals surface area contributed by atoms with Gasteiger partial charge in [-0.15, -0.1) is 0 Å². The Labute approximate surface area is 134 Å². The predicted molar refractivity (Wildman–Crippen MR) is 86.1 cm³/mol. The van der Waals surface area contributed by atoms with E-state index in [1.54, 1.807) is 25.3 Å². The largest absolute Gasteiger partial charge is 0.497 e. The molecule has 0 aliphatic rings. The van der Waals surface area contributed by atoms with Crippen molar-refractivity contribution in [2.45, 2.75) is 6.61 Å². The zero-order valence-corrected chi connectivity index (χ0v) is 12.5. The van der Waals surface area contributed by atoms with Gasteiger partial charge in [-0.05, 0) is 42.0 Å². The molecule has 0 bridgehead atoms. The fourth-order valence-electron chi connectivity index (χ4n) is 1.76. The summed E-state index contributed by atoms with van der Waals surface area (Å²) in [4.78, 5) is 0. The lowest BCUT2D eigenvalue weighted by Crippen LogP contribution is -1.99. The van der Waals surface area contributed by atoms with Gasteiger partial charge in [0.25, 0.3) is 0 Å². The van der Waals surface area contributed by atoms with Gasteiger partial charge in [-0.3, -0.25) is 5.43 Å². The molecule has 0 saturated heterocycles. The SMILES string of the molecule is COc1ccc(OCc2cccc(NN=C(C#N)C#N)c2)cc1. The van der Waals surface area contributed by atoms with Crippen LogP contribution in [0.3, 0.4) is 0 Å². The van der Waals surface area contributed by atoms with Crippen molar-refractivity contribution >= 4 is 11.4 Å². The van der Waals surface area contributed by atoms with Crippen LogP contribution in [0.1, 0.15) is 5.56 Å². The van der Waals surface area contributed by atoms with Gasteiger partial charge < -0.3 is 9.47 Å². The number of ether oxygens (including phenoxy) is 2. The molecule has 0 atom stereocenters. The van der Waals surface area contributed by atoms with Gasteiger partial charge in [0.1, 0.15) is 30.2 Å². The van der Waals surface area contributed by atoms with Crippen LogP contribution in [0.25, 0.3) is 0 Å². The number of nitriles is 2. The molecule has 0 aliphatic carbocycles. The number of anilines is 1. The minimum Gasteiger partial charge on any atom is -0.497 e. The zero-order valence-electron chi connectivity index (χ0n) is 12.5. The smallest absolute Gasteiger partial charge is 0.237 e.